The van der Waals surface area contributed by atoms with E-state index >= 15 is 0 Å². The van der Waals surface area contributed by atoms with Gasteiger partial charge in [-0.15, -0.1) is 0 Å². The first-order valence-corrected chi connectivity index (χ1v) is 7.51. The number of halogens is 1. The van der Waals surface area contributed by atoms with Gasteiger partial charge in [0.15, 0.2) is 0 Å². The maximum Gasteiger partial charge on any atom is 0.136 e. The van der Waals surface area contributed by atoms with Crippen LogP contribution in [0.4, 0.5) is 0 Å². The van der Waals surface area contributed by atoms with Gasteiger partial charge in [-0.25, -0.2) is 0 Å². The Morgan fingerprint density at radius 1 is 1.25 bits per heavy atom. The van der Waals surface area contributed by atoms with Crippen molar-refractivity contribution in [2.75, 3.05) is 6.61 Å². The average molecular weight is 335 g/mol. The summed E-state index contributed by atoms with van der Waals surface area (Å²) in [4.78, 5) is 4.01. The van der Waals surface area contributed by atoms with Crippen LogP contribution in [0, 0.1) is 0 Å². The average Bonchev–Trinajstić information content (AvgIpc) is 2.42. The van der Waals surface area contributed by atoms with Crippen LogP contribution in [-0.4, -0.2) is 17.6 Å². The molecule has 2 N–H and O–H groups in total. The molecule has 0 saturated heterocycles. The van der Waals surface area contributed by atoms with Gasteiger partial charge in [0.1, 0.15) is 5.75 Å². The van der Waals surface area contributed by atoms with E-state index in [9.17, 15) is 0 Å². The lowest BCUT2D eigenvalue weighted by Gasteiger charge is -2.14. The molecule has 0 saturated carbocycles. The highest BCUT2D eigenvalue weighted by Gasteiger charge is 2.09. The highest BCUT2D eigenvalue weighted by atomic mass is 79.9. The molecule has 0 bridgehead atoms. The molecule has 0 amide bonds. The van der Waals surface area contributed by atoms with Crippen molar-refractivity contribution >= 4 is 15.9 Å². The lowest BCUT2D eigenvalue weighted by atomic mass is 10.1. The number of nitrogens with two attached hydrogens (primary N) is 1. The molecule has 106 valence electrons. The summed E-state index contributed by atoms with van der Waals surface area (Å²) >= 11 is 3.55. The molecule has 2 aromatic rings. The fourth-order valence-electron chi connectivity index (χ4n) is 2.04. The maximum absolute atomic E-state index is 5.95. The number of hydrogen-bond acceptors (Lipinski definition) is 3. The van der Waals surface area contributed by atoms with Crippen molar-refractivity contribution in [2.45, 2.75) is 25.8 Å². The highest BCUT2D eigenvalue weighted by molar-refractivity contribution is 9.10. The van der Waals surface area contributed by atoms with Gasteiger partial charge in [0.25, 0.3) is 0 Å². The van der Waals surface area contributed by atoms with E-state index in [0.717, 1.165) is 28.6 Å². The van der Waals surface area contributed by atoms with Gasteiger partial charge in [-0.3, -0.25) is 4.98 Å². The molecule has 1 aromatic carbocycles. The predicted octanol–water partition coefficient (Wildman–Crippen LogP) is 3.36. The second kappa shape index (κ2) is 7.41. The summed E-state index contributed by atoms with van der Waals surface area (Å²) in [5, 5.41) is 0. The highest BCUT2D eigenvalue weighted by Crippen LogP contribution is 2.30. The van der Waals surface area contributed by atoms with E-state index < -0.39 is 0 Å². The zero-order valence-corrected chi connectivity index (χ0v) is 13.1. The number of ether oxygens (including phenoxy) is 1. The maximum atomic E-state index is 5.95. The van der Waals surface area contributed by atoms with Crippen molar-refractivity contribution in [3.05, 3.63) is 58.3 Å². The molecule has 20 heavy (non-hydrogen) atoms. The molecule has 3 nitrogen and oxygen atoms in total. The minimum atomic E-state index is 0.117. The predicted molar refractivity (Wildman–Crippen MR) is 84.9 cm³/mol. The Hall–Kier alpha value is -1.39. The molecule has 1 heterocycles. The summed E-state index contributed by atoms with van der Waals surface area (Å²) in [7, 11) is 0. The smallest absolute Gasteiger partial charge is 0.136 e. The second-order valence-electron chi connectivity index (χ2n) is 4.86. The molecular formula is C16H19BrN2O. The van der Waals surface area contributed by atoms with Gasteiger partial charge in [-0.2, -0.15) is 0 Å². The third kappa shape index (κ3) is 4.32. The molecule has 0 radical (unpaired) electrons. The minimum Gasteiger partial charge on any atom is -0.492 e. The van der Waals surface area contributed by atoms with Crippen molar-refractivity contribution in [3.63, 3.8) is 0 Å². The van der Waals surface area contributed by atoms with Crippen molar-refractivity contribution in [1.29, 1.82) is 0 Å². The van der Waals surface area contributed by atoms with Crippen LogP contribution >= 0.6 is 15.9 Å². The second-order valence-corrected chi connectivity index (χ2v) is 5.72. The largest absolute Gasteiger partial charge is 0.492 e. The summed E-state index contributed by atoms with van der Waals surface area (Å²) in [6, 6.07) is 10.2. The molecule has 2 rings (SSSR count). The van der Waals surface area contributed by atoms with Crippen LogP contribution in [-0.2, 0) is 12.8 Å². The molecule has 0 spiro atoms. The topological polar surface area (TPSA) is 48.1 Å². The molecule has 1 atom stereocenters. The summed E-state index contributed by atoms with van der Waals surface area (Å²) in [5.74, 6) is 0.902. The van der Waals surface area contributed by atoms with Gasteiger partial charge in [0.2, 0.25) is 0 Å². The first kappa shape index (κ1) is 15.0. The van der Waals surface area contributed by atoms with Gasteiger partial charge in [-0.05, 0) is 58.6 Å². The molecule has 4 heteroatoms. The molecule has 1 aromatic heterocycles. The molecule has 1 unspecified atom stereocenters. The summed E-state index contributed by atoms with van der Waals surface area (Å²) in [6.07, 6.45) is 5.27. The molecular weight excluding hydrogens is 316 g/mol. The summed E-state index contributed by atoms with van der Waals surface area (Å²) in [6.45, 7) is 2.64. The minimum absolute atomic E-state index is 0.117. The van der Waals surface area contributed by atoms with Crippen LogP contribution in [0.15, 0.2) is 47.2 Å². The van der Waals surface area contributed by atoms with Crippen molar-refractivity contribution in [3.8, 4) is 5.75 Å². The van der Waals surface area contributed by atoms with Crippen molar-refractivity contribution in [2.24, 2.45) is 5.73 Å². The number of para-hydroxylation sites is 1. The third-order valence-corrected chi connectivity index (χ3v) is 3.60. The number of hydrogen-bond donors (Lipinski definition) is 1. The van der Waals surface area contributed by atoms with Crippen LogP contribution in [0.25, 0.3) is 0 Å². The Morgan fingerprint density at radius 3 is 2.70 bits per heavy atom. The van der Waals surface area contributed by atoms with Gasteiger partial charge in [-0.1, -0.05) is 12.1 Å². The van der Waals surface area contributed by atoms with E-state index in [1.54, 1.807) is 12.4 Å². The van der Waals surface area contributed by atoms with E-state index in [1.807, 2.05) is 31.2 Å². The van der Waals surface area contributed by atoms with E-state index in [-0.39, 0.29) is 6.04 Å². The number of benzene rings is 1. The Labute approximate surface area is 128 Å². The lowest BCUT2D eigenvalue weighted by molar-refractivity contribution is 0.316. The zero-order chi connectivity index (χ0) is 14.4. The summed E-state index contributed by atoms with van der Waals surface area (Å²) < 4.78 is 6.93. The van der Waals surface area contributed by atoms with Gasteiger partial charge >= 0.3 is 0 Å². The van der Waals surface area contributed by atoms with Gasteiger partial charge < -0.3 is 10.5 Å². The fraction of sp³-hybridized carbons (Fsp3) is 0.312. The normalized spacial score (nSPS) is 12.2. The molecule has 0 aliphatic carbocycles. The Bertz CT molecular complexity index is 543. The monoisotopic (exact) mass is 334 g/mol. The van der Waals surface area contributed by atoms with E-state index in [1.165, 1.54) is 5.56 Å². The third-order valence-electron chi connectivity index (χ3n) is 2.98. The Morgan fingerprint density at radius 2 is 2.00 bits per heavy atom. The number of rotatable bonds is 6. The van der Waals surface area contributed by atoms with Crippen LogP contribution in [0.1, 0.15) is 18.1 Å². The molecule has 0 fully saturated rings. The number of pyridine rings is 1. The first-order chi connectivity index (χ1) is 9.66. The number of nitrogens with zero attached hydrogens (tertiary/aromatic N) is 1. The fourth-order valence-corrected chi connectivity index (χ4v) is 2.56. The first-order valence-electron chi connectivity index (χ1n) is 6.71. The van der Waals surface area contributed by atoms with Crippen LogP contribution in [0.3, 0.4) is 0 Å². The number of aromatic nitrogens is 1. The molecule has 0 aliphatic rings. The van der Waals surface area contributed by atoms with E-state index in [0.29, 0.717) is 6.61 Å². The quantitative estimate of drug-likeness (QED) is 0.881. The SMILES string of the molecule is CC(N)Cc1cccc(Br)c1OCCc1ccncc1. The summed E-state index contributed by atoms with van der Waals surface area (Å²) in [5.41, 5.74) is 8.25. The zero-order valence-electron chi connectivity index (χ0n) is 11.6. The lowest BCUT2D eigenvalue weighted by Crippen LogP contribution is -2.18. The Balaban J connectivity index is 2.01. The van der Waals surface area contributed by atoms with E-state index in [2.05, 4.69) is 27.0 Å². The van der Waals surface area contributed by atoms with Gasteiger partial charge in [0.05, 0.1) is 11.1 Å². The van der Waals surface area contributed by atoms with Gasteiger partial charge in [0, 0.05) is 24.9 Å². The van der Waals surface area contributed by atoms with Crippen LogP contribution < -0.4 is 10.5 Å². The van der Waals surface area contributed by atoms with Crippen molar-refractivity contribution < 1.29 is 4.74 Å². The standard InChI is InChI=1S/C16H19BrN2O/c1-12(18)11-14-3-2-4-15(17)16(14)20-10-7-13-5-8-19-9-6-13/h2-6,8-9,12H,7,10-11,18H2,1H3. The van der Waals surface area contributed by atoms with Crippen molar-refractivity contribution in [1.82, 2.24) is 4.98 Å². The Kier molecular flexibility index (Phi) is 5.56. The van der Waals surface area contributed by atoms with Crippen LogP contribution in [0.2, 0.25) is 0 Å². The van der Waals surface area contributed by atoms with E-state index in [4.69, 9.17) is 10.5 Å². The molecule has 0 aliphatic heterocycles. The van der Waals surface area contributed by atoms with Crippen LogP contribution in [0.5, 0.6) is 5.75 Å².